The predicted molar refractivity (Wildman–Crippen MR) is 49.4 cm³/mol. The van der Waals surface area contributed by atoms with Crippen molar-refractivity contribution in [2.75, 3.05) is 0 Å². The second kappa shape index (κ2) is 3.12. The third-order valence-electron chi connectivity index (χ3n) is 1.81. The molecule has 0 aliphatic rings. The summed E-state index contributed by atoms with van der Waals surface area (Å²) in [5.74, 6) is 0. The van der Waals surface area contributed by atoms with E-state index in [1.54, 1.807) is 24.4 Å². The largest absolute Gasteiger partial charge is 0.508 e. The van der Waals surface area contributed by atoms with Crippen LogP contribution < -0.4 is 5.59 Å². The van der Waals surface area contributed by atoms with E-state index < -0.39 is 7.12 Å². The summed E-state index contributed by atoms with van der Waals surface area (Å²) >= 11 is 0. The fourth-order valence-corrected chi connectivity index (χ4v) is 1.23. The first-order chi connectivity index (χ1) is 6.29. The van der Waals surface area contributed by atoms with Crippen LogP contribution in [0.3, 0.4) is 0 Å². The van der Waals surface area contributed by atoms with Crippen LogP contribution in [0.15, 0.2) is 30.6 Å². The van der Waals surface area contributed by atoms with Gasteiger partial charge in [-0.3, -0.25) is 9.97 Å². The van der Waals surface area contributed by atoms with Crippen molar-refractivity contribution in [3.05, 3.63) is 30.6 Å². The van der Waals surface area contributed by atoms with Crippen LogP contribution in [0.2, 0.25) is 0 Å². The number of rotatable bonds is 1. The Bertz CT molecular complexity index is 428. The second-order valence-corrected chi connectivity index (χ2v) is 2.64. The molecule has 0 atom stereocenters. The Morgan fingerprint density at radius 2 is 1.92 bits per heavy atom. The Kier molecular flexibility index (Phi) is 1.96. The van der Waals surface area contributed by atoms with Crippen molar-refractivity contribution in [2.24, 2.45) is 0 Å². The summed E-state index contributed by atoms with van der Waals surface area (Å²) < 4.78 is 0. The van der Waals surface area contributed by atoms with Gasteiger partial charge in [-0.05, 0) is 12.1 Å². The molecule has 2 rings (SSSR count). The van der Waals surface area contributed by atoms with E-state index in [0.717, 1.165) is 0 Å². The highest BCUT2D eigenvalue weighted by Crippen LogP contribution is 2.05. The van der Waals surface area contributed by atoms with Crippen molar-refractivity contribution in [1.82, 2.24) is 9.97 Å². The Labute approximate surface area is 75.0 Å². The summed E-state index contributed by atoms with van der Waals surface area (Å²) in [4.78, 5) is 7.93. The molecule has 13 heavy (non-hydrogen) atoms. The number of hydrogen-bond acceptors (Lipinski definition) is 4. The van der Waals surface area contributed by atoms with Gasteiger partial charge in [0.1, 0.15) is 0 Å². The number of aromatic nitrogens is 2. The van der Waals surface area contributed by atoms with Crippen molar-refractivity contribution >= 4 is 23.6 Å². The zero-order valence-electron chi connectivity index (χ0n) is 6.75. The van der Waals surface area contributed by atoms with Gasteiger partial charge in [0.25, 0.3) is 0 Å². The van der Waals surface area contributed by atoms with Crippen molar-refractivity contribution in [3.8, 4) is 0 Å². The Hall–Kier alpha value is -1.46. The molecule has 0 unspecified atom stereocenters. The zero-order chi connectivity index (χ0) is 9.26. The zero-order valence-corrected chi connectivity index (χ0v) is 6.75. The lowest BCUT2D eigenvalue weighted by molar-refractivity contribution is 0.424. The van der Waals surface area contributed by atoms with Gasteiger partial charge in [0, 0.05) is 17.8 Å². The van der Waals surface area contributed by atoms with Crippen LogP contribution in [0.5, 0.6) is 0 Å². The van der Waals surface area contributed by atoms with Gasteiger partial charge in [-0.25, -0.2) is 0 Å². The molecule has 0 amide bonds. The van der Waals surface area contributed by atoms with E-state index in [4.69, 9.17) is 10.0 Å². The number of nitrogens with zero attached hydrogens (tertiary/aromatic N) is 2. The molecule has 2 N–H and O–H groups in total. The SMILES string of the molecule is OB(O)c1nccc2ncccc12. The van der Waals surface area contributed by atoms with E-state index in [1.165, 1.54) is 6.20 Å². The molecule has 0 bridgehead atoms. The van der Waals surface area contributed by atoms with Gasteiger partial charge in [-0.15, -0.1) is 0 Å². The standard InChI is InChI=1S/C8H7BN2O2/c12-9(13)8-6-2-1-4-10-7(6)3-5-11-8/h1-5,12-13H. The number of pyridine rings is 2. The molecule has 0 saturated carbocycles. The Morgan fingerprint density at radius 3 is 2.69 bits per heavy atom. The normalized spacial score (nSPS) is 10.3. The Morgan fingerprint density at radius 1 is 1.08 bits per heavy atom. The molecule has 0 radical (unpaired) electrons. The van der Waals surface area contributed by atoms with Crippen LogP contribution in [-0.2, 0) is 0 Å². The third kappa shape index (κ3) is 1.39. The first-order valence-electron chi connectivity index (χ1n) is 3.85. The highest BCUT2D eigenvalue weighted by molar-refractivity contribution is 6.60. The lowest BCUT2D eigenvalue weighted by Crippen LogP contribution is -2.33. The van der Waals surface area contributed by atoms with Crippen molar-refractivity contribution in [2.45, 2.75) is 0 Å². The van der Waals surface area contributed by atoms with Crippen molar-refractivity contribution in [3.63, 3.8) is 0 Å². The highest BCUT2D eigenvalue weighted by atomic mass is 16.4. The first kappa shape index (κ1) is 8.16. The predicted octanol–water partition coefficient (Wildman–Crippen LogP) is -0.690. The smallest absolute Gasteiger partial charge is 0.422 e. The Balaban J connectivity index is 2.76. The van der Waals surface area contributed by atoms with Gasteiger partial charge >= 0.3 is 7.12 Å². The highest BCUT2D eigenvalue weighted by Gasteiger charge is 2.15. The van der Waals surface area contributed by atoms with E-state index in [0.29, 0.717) is 10.9 Å². The fourth-order valence-electron chi connectivity index (χ4n) is 1.23. The van der Waals surface area contributed by atoms with Gasteiger partial charge in [0.05, 0.1) is 11.1 Å². The van der Waals surface area contributed by atoms with Gasteiger partial charge in [0.2, 0.25) is 0 Å². The molecule has 4 nitrogen and oxygen atoms in total. The van der Waals surface area contributed by atoms with Crippen LogP contribution in [0, 0.1) is 0 Å². The fraction of sp³-hybridized carbons (Fsp3) is 0. The summed E-state index contributed by atoms with van der Waals surface area (Å²) in [5.41, 5.74) is 0.950. The minimum Gasteiger partial charge on any atom is -0.422 e. The number of fused-ring (bicyclic) bond motifs is 1. The van der Waals surface area contributed by atoms with E-state index in [9.17, 15) is 0 Å². The van der Waals surface area contributed by atoms with E-state index >= 15 is 0 Å². The lowest BCUT2D eigenvalue weighted by atomic mass is 9.83. The van der Waals surface area contributed by atoms with Crippen LogP contribution in [-0.4, -0.2) is 27.1 Å². The topological polar surface area (TPSA) is 66.2 Å². The maximum absolute atomic E-state index is 8.99. The van der Waals surface area contributed by atoms with Gasteiger partial charge in [-0.1, -0.05) is 6.07 Å². The molecule has 2 heterocycles. The second-order valence-electron chi connectivity index (χ2n) is 2.64. The molecular weight excluding hydrogens is 167 g/mol. The van der Waals surface area contributed by atoms with E-state index in [-0.39, 0.29) is 5.59 Å². The maximum atomic E-state index is 8.99. The molecule has 2 aromatic rings. The molecule has 64 valence electrons. The average molecular weight is 174 g/mol. The molecule has 5 heteroatoms. The molecule has 2 aromatic heterocycles. The summed E-state index contributed by atoms with van der Waals surface area (Å²) in [6.07, 6.45) is 3.15. The molecule has 0 aromatic carbocycles. The molecule has 0 fully saturated rings. The summed E-state index contributed by atoms with van der Waals surface area (Å²) in [6.45, 7) is 0. The van der Waals surface area contributed by atoms with Crippen LogP contribution in [0.4, 0.5) is 0 Å². The minimum atomic E-state index is -1.55. The maximum Gasteiger partial charge on any atom is 0.508 e. The summed E-state index contributed by atoms with van der Waals surface area (Å²) in [7, 11) is -1.55. The molecule has 0 aliphatic carbocycles. The molecular formula is C8H7BN2O2. The molecule has 0 saturated heterocycles. The molecule has 0 aliphatic heterocycles. The van der Waals surface area contributed by atoms with Crippen LogP contribution >= 0.6 is 0 Å². The third-order valence-corrected chi connectivity index (χ3v) is 1.81. The average Bonchev–Trinajstić information content (AvgIpc) is 2.17. The van der Waals surface area contributed by atoms with Crippen molar-refractivity contribution in [1.29, 1.82) is 0 Å². The van der Waals surface area contributed by atoms with Crippen LogP contribution in [0.1, 0.15) is 0 Å². The van der Waals surface area contributed by atoms with Crippen molar-refractivity contribution < 1.29 is 10.0 Å². The van der Waals surface area contributed by atoms with E-state index in [2.05, 4.69) is 9.97 Å². The monoisotopic (exact) mass is 174 g/mol. The quantitative estimate of drug-likeness (QED) is 0.561. The minimum absolute atomic E-state index is 0.241. The van der Waals surface area contributed by atoms with Gasteiger partial charge < -0.3 is 10.0 Å². The summed E-state index contributed by atoms with van der Waals surface area (Å²) in [6, 6.07) is 5.21. The first-order valence-corrected chi connectivity index (χ1v) is 3.85. The summed E-state index contributed by atoms with van der Waals surface area (Å²) in [5, 5.41) is 18.6. The van der Waals surface area contributed by atoms with Crippen LogP contribution in [0.25, 0.3) is 10.9 Å². The van der Waals surface area contributed by atoms with E-state index in [1.807, 2.05) is 0 Å². The van der Waals surface area contributed by atoms with Gasteiger partial charge in [-0.2, -0.15) is 0 Å². The van der Waals surface area contributed by atoms with Gasteiger partial charge in [0.15, 0.2) is 0 Å². The lowest BCUT2D eigenvalue weighted by Gasteiger charge is -2.02. The molecule has 0 spiro atoms. The number of hydrogen-bond donors (Lipinski definition) is 2.